The Hall–Kier alpha value is -5.08. The van der Waals surface area contributed by atoms with Crippen LogP contribution in [-0.2, 0) is 4.74 Å². The fraction of sp³-hybridized carbons (Fsp3) is 0.0938. The van der Waals surface area contributed by atoms with Crippen molar-refractivity contribution in [3.05, 3.63) is 129 Å². The van der Waals surface area contributed by atoms with Crippen LogP contribution < -0.4 is 9.64 Å². The van der Waals surface area contributed by atoms with Gasteiger partial charge in [-0.2, -0.15) is 0 Å². The van der Waals surface area contributed by atoms with E-state index in [-0.39, 0.29) is 28.0 Å². The van der Waals surface area contributed by atoms with E-state index < -0.39 is 36.1 Å². The summed E-state index contributed by atoms with van der Waals surface area (Å²) in [5, 5.41) is 0.408. The van der Waals surface area contributed by atoms with Crippen LogP contribution in [0.15, 0.2) is 84.9 Å². The standard InChI is InChI=1S/C32H22ClNO7/c1-18-6-8-21(9-7-18)32(39)41-23-13-10-20(11-14-23)28(35)17-40-31(38)22-12-15-24-25(16-22)30(37)34(29(24)36)27-5-3-4-26(33)19(27)2/h3-16H,17H2,1-2H3. The van der Waals surface area contributed by atoms with Crippen LogP contribution >= 0.6 is 11.6 Å². The van der Waals surface area contributed by atoms with Gasteiger partial charge in [-0.15, -0.1) is 0 Å². The first-order valence-corrected chi connectivity index (χ1v) is 12.9. The Balaban J connectivity index is 1.22. The summed E-state index contributed by atoms with van der Waals surface area (Å²) in [6.07, 6.45) is 0. The van der Waals surface area contributed by atoms with E-state index in [0.29, 0.717) is 21.8 Å². The number of ketones is 1. The molecule has 1 aliphatic rings. The predicted octanol–water partition coefficient (Wildman–Crippen LogP) is 6.02. The predicted molar refractivity (Wildman–Crippen MR) is 151 cm³/mol. The second-order valence-corrected chi connectivity index (χ2v) is 9.78. The summed E-state index contributed by atoms with van der Waals surface area (Å²) < 4.78 is 10.5. The summed E-state index contributed by atoms with van der Waals surface area (Å²) in [6, 6.07) is 21.7. The van der Waals surface area contributed by atoms with Crippen LogP contribution in [0.1, 0.15) is 62.9 Å². The number of aryl methyl sites for hydroxylation is 1. The fourth-order valence-corrected chi connectivity index (χ4v) is 4.46. The molecule has 0 aliphatic carbocycles. The van der Waals surface area contributed by atoms with Crippen LogP contribution in [-0.4, -0.2) is 36.1 Å². The molecular weight excluding hydrogens is 546 g/mol. The zero-order chi connectivity index (χ0) is 29.3. The first-order valence-electron chi connectivity index (χ1n) is 12.5. The number of fused-ring (bicyclic) bond motifs is 1. The van der Waals surface area contributed by atoms with Gasteiger partial charge < -0.3 is 9.47 Å². The number of esters is 2. The minimum atomic E-state index is -0.831. The molecule has 5 rings (SSSR count). The van der Waals surface area contributed by atoms with E-state index >= 15 is 0 Å². The molecule has 0 saturated heterocycles. The number of rotatable bonds is 7. The average Bonchev–Trinajstić information content (AvgIpc) is 3.22. The highest BCUT2D eigenvalue weighted by molar-refractivity contribution is 6.36. The molecule has 204 valence electrons. The molecule has 41 heavy (non-hydrogen) atoms. The second kappa shape index (κ2) is 11.2. The third kappa shape index (κ3) is 5.50. The van der Waals surface area contributed by atoms with Crippen LogP contribution in [0.3, 0.4) is 0 Å². The van der Waals surface area contributed by atoms with E-state index in [2.05, 4.69) is 0 Å². The molecule has 0 unspecified atom stereocenters. The molecule has 0 atom stereocenters. The van der Waals surface area contributed by atoms with Gasteiger partial charge in [0.05, 0.1) is 27.9 Å². The summed E-state index contributed by atoms with van der Waals surface area (Å²) >= 11 is 6.17. The largest absolute Gasteiger partial charge is 0.454 e. The zero-order valence-electron chi connectivity index (χ0n) is 22.0. The van der Waals surface area contributed by atoms with E-state index in [1.807, 2.05) is 6.92 Å². The second-order valence-electron chi connectivity index (χ2n) is 9.37. The number of hydrogen-bond donors (Lipinski definition) is 0. The summed E-state index contributed by atoms with van der Waals surface area (Å²) in [5.74, 6) is -2.71. The van der Waals surface area contributed by atoms with Crippen LogP contribution in [0.5, 0.6) is 5.75 Å². The number of benzene rings is 4. The number of amides is 2. The Morgan fingerprint density at radius 1 is 0.732 bits per heavy atom. The maximum absolute atomic E-state index is 13.1. The summed E-state index contributed by atoms with van der Waals surface area (Å²) in [6.45, 7) is 3.06. The van der Waals surface area contributed by atoms with Gasteiger partial charge in [0.25, 0.3) is 11.8 Å². The van der Waals surface area contributed by atoms with Crippen LogP contribution in [0.4, 0.5) is 5.69 Å². The first kappa shape index (κ1) is 27.5. The van der Waals surface area contributed by atoms with Crippen LogP contribution in [0.2, 0.25) is 5.02 Å². The molecule has 1 aliphatic heterocycles. The van der Waals surface area contributed by atoms with Gasteiger partial charge in [0.2, 0.25) is 0 Å². The molecule has 0 aromatic heterocycles. The maximum Gasteiger partial charge on any atom is 0.343 e. The molecule has 8 nitrogen and oxygen atoms in total. The third-order valence-corrected chi connectivity index (χ3v) is 7.02. The van der Waals surface area contributed by atoms with Gasteiger partial charge in [0, 0.05) is 10.6 Å². The van der Waals surface area contributed by atoms with Gasteiger partial charge in [-0.05, 0) is 86.1 Å². The quantitative estimate of drug-likeness (QED) is 0.116. The van der Waals surface area contributed by atoms with E-state index in [0.717, 1.165) is 10.5 Å². The van der Waals surface area contributed by atoms with Crippen molar-refractivity contribution in [3.63, 3.8) is 0 Å². The number of anilines is 1. The lowest BCUT2D eigenvalue weighted by molar-refractivity contribution is 0.0474. The van der Waals surface area contributed by atoms with Crippen molar-refractivity contribution >= 4 is 46.8 Å². The normalized spacial score (nSPS) is 12.2. The first-order chi connectivity index (χ1) is 19.6. The van der Waals surface area contributed by atoms with Crippen molar-refractivity contribution < 1.29 is 33.4 Å². The van der Waals surface area contributed by atoms with Crippen LogP contribution in [0.25, 0.3) is 0 Å². The van der Waals surface area contributed by atoms with Crippen molar-refractivity contribution in [1.82, 2.24) is 0 Å². The van der Waals surface area contributed by atoms with Gasteiger partial charge in [-0.1, -0.05) is 35.4 Å². The van der Waals surface area contributed by atoms with Gasteiger partial charge >= 0.3 is 11.9 Å². The van der Waals surface area contributed by atoms with Crippen LogP contribution in [0, 0.1) is 13.8 Å². The molecular formula is C32H22ClNO7. The van der Waals surface area contributed by atoms with Crippen molar-refractivity contribution in [2.24, 2.45) is 0 Å². The minimum Gasteiger partial charge on any atom is -0.454 e. The Morgan fingerprint density at radius 2 is 1.37 bits per heavy atom. The van der Waals surface area contributed by atoms with E-state index in [4.69, 9.17) is 21.1 Å². The Morgan fingerprint density at radius 3 is 2.07 bits per heavy atom. The molecule has 0 spiro atoms. The summed E-state index contributed by atoms with van der Waals surface area (Å²) in [4.78, 5) is 64.7. The van der Waals surface area contributed by atoms with Crippen molar-refractivity contribution in [2.45, 2.75) is 13.8 Å². The molecule has 0 saturated carbocycles. The number of Topliss-reactive ketones (excluding diaryl/α,β-unsaturated/α-hetero) is 1. The number of carbonyl (C=O) groups is 5. The van der Waals surface area contributed by atoms with Crippen molar-refractivity contribution in [2.75, 3.05) is 11.5 Å². The summed E-state index contributed by atoms with van der Waals surface area (Å²) in [7, 11) is 0. The molecule has 0 bridgehead atoms. The highest BCUT2D eigenvalue weighted by Gasteiger charge is 2.38. The zero-order valence-corrected chi connectivity index (χ0v) is 22.7. The third-order valence-electron chi connectivity index (χ3n) is 6.61. The number of carbonyl (C=O) groups excluding carboxylic acids is 5. The fourth-order valence-electron chi connectivity index (χ4n) is 4.29. The highest BCUT2D eigenvalue weighted by atomic mass is 35.5. The molecule has 0 N–H and O–H groups in total. The Kier molecular flexibility index (Phi) is 7.50. The molecule has 9 heteroatoms. The van der Waals surface area contributed by atoms with Gasteiger partial charge in [-0.3, -0.25) is 14.4 Å². The minimum absolute atomic E-state index is 0.0146. The molecule has 0 fully saturated rings. The maximum atomic E-state index is 13.1. The lowest BCUT2D eigenvalue weighted by Gasteiger charge is -2.17. The smallest absolute Gasteiger partial charge is 0.343 e. The topological polar surface area (TPSA) is 107 Å². The van der Waals surface area contributed by atoms with Crippen molar-refractivity contribution in [3.8, 4) is 5.75 Å². The van der Waals surface area contributed by atoms with Gasteiger partial charge in [0.15, 0.2) is 12.4 Å². The number of halogens is 1. The summed E-state index contributed by atoms with van der Waals surface area (Å²) in [5.41, 5.74) is 2.79. The molecule has 4 aromatic carbocycles. The number of hydrogen-bond acceptors (Lipinski definition) is 7. The molecule has 4 aromatic rings. The van der Waals surface area contributed by atoms with E-state index in [1.165, 1.54) is 42.5 Å². The van der Waals surface area contributed by atoms with Gasteiger partial charge in [0.1, 0.15) is 5.75 Å². The molecule has 2 amide bonds. The van der Waals surface area contributed by atoms with E-state index in [1.54, 1.807) is 49.4 Å². The highest BCUT2D eigenvalue weighted by Crippen LogP contribution is 2.33. The SMILES string of the molecule is Cc1ccc(C(=O)Oc2ccc(C(=O)COC(=O)c3ccc4c(c3)C(=O)N(c3cccc(Cl)c3C)C4=O)cc2)cc1. The molecule has 1 heterocycles. The monoisotopic (exact) mass is 567 g/mol. The Labute approximate surface area is 240 Å². The number of nitrogens with zero attached hydrogens (tertiary/aromatic N) is 1. The average molecular weight is 568 g/mol. The van der Waals surface area contributed by atoms with Crippen molar-refractivity contribution in [1.29, 1.82) is 0 Å². The lowest BCUT2D eigenvalue weighted by atomic mass is 10.1. The number of ether oxygens (including phenoxy) is 2. The van der Waals surface area contributed by atoms with E-state index in [9.17, 15) is 24.0 Å². The molecule has 0 radical (unpaired) electrons. The lowest BCUT2D eigenvalue weighted by Crippen LogP contribution is -2.30. The number of imide groups is 1. The Bertz CT molecular complexity index is 1730. The van der Waals surface area contributed by atoms with Gasteiger partial charge in [-0.25, -0.2) is 14.5 Å².